The summed E-state index contributed by atoms with van der Waals surface area (Å²) in [5.74, 6) is -0.267. The number of amides is 1. The smallest absolute Gasteiger partial charge is 0.240 e. The Morgan fingerprint density at radius 2 is 1.73 bits per heavy atom. The second kappa shape index (κ2) is 8.86. The van der Waals surface area contributed by atoms with Crippen molar-refractivity contribution in [3.8, 4) is 0 Å². The maximum Gasteiger partial charge on any atom is 0.240 e. The van der Waals surface area contributed by atoms with Crippen LogP contribution in [0.4, 0.5) is 5.69 Å². The summed E-state index contributed by atoms with van der Waals surface area (Å²) in [6.07, 6.45) is 4.54. The lowest BCUT2D eigenvalue weighted by Crippen LogP contribution is -2.41. The molecule has 26 heavy (non-hydrogen) atoms. The number of nitrogens with zero attached hydrogens (tertiary/aromatic N) is 2. The topological polar surface area (TPSA) is 69.7 Å². The summed E-state index contributed by atoms with van der Waals surface area (Å²) in [5.41, 5.74) is 3.39. The Balaban J connectivity index is 1.99. The zero-order chi connectivity index (χ0) is 19.3. The van der Waals surface area contributed by atoms with Crippen LogP contribution in [0.1, 0.15) is 36.0 Å². The zero-order valence-corrected chi connectivity index (χ0v) is 17.2. The summed E-state index contributed by atoms with van der Waals surface area (Å²) in [5, 5.41) is 2.86. The molecule has 7 heteroatoms. The Morgan fingerprint density at radius 3 is 2.27 bits per heavy atom. The van der Waals surface area contributed by atoms with Crippen LogP contribution in [0.25, 0.3) is 0 Å². The van der Waals surface area contributed by atoms with Gasteiger partial charge >= 0.3 is 0 Å². The average molecular weight is 382 g/mol. The van der Waals surface area contributed by atoms with E-state index in [4.69, 9.17) is 0 Å². The molecule has 1 aliphatic heterocycles. The molecule has 0 aliphatic carbocycles. The lowest BCUT2D eigenvalue weighted by atomic mass is 10.1. The number of benzene rings is 1. The number of hydrogen-bond donors (Lipinski definition) is 1. The second-order valence-corrected chi connectivity index (χ2v) is 9.18. The minimum absolute atomic E-state index is 0.187. The van der Waals surface area contributed by atoms with Crippen molar-refractivity contribution >= 4 is 21.6 Å². The van der Waals surface area contributed by atoms with E-state index in [2.05, 4.69) is 10.2 Å². The van der Waals surface area contributed by atoms with Crippen molar-refractivity contribution in [3.63, 3.8) is 0 Å². The number of likely N-dealkylation sites (tertiary alicyclic amines) is 1. The van der Waals surface area contributed by atoms with Gasteiger partial charge in [-0.05, 0) is 70.8 Å². The Morgan fingerprint density at radius 1 is 1.15 bits per heavy atom. The van der Waals surface area contributed by atoms with Crippen LogP contribution in [0.5, 0.6) is 0 Å². The third-order valence-corrected chi connectivity index (χ3v) is 5.86. The van der Waals surface area contributed by atoms with Gasteiger partial charge in [0.2, 0.25) is 15.9 Å². The molecule has 1 saturated heterocycles. The van der Waals surface area contributed by atoms with Crippen LogP contribution in [0.15, 0.2) is 12.1 Å². The van der Waals surface area contributed by atoms with E-state index in [0.29, 0.717) is 12.2 Å². The summed E-state index contributed by atoms with van der Waals surface area (Å²) in [6, 6.07) is 3.88. The number of sulfonamides is 1. The van der Waals surface area contributed by atoms with Crippen molar-refractivity contribution in [3.05, 3.63) is 28.8 Å². The monoisotopic (exact) mass is 381 g/mol. The van der Waals surface area contributed by atoms with E-state index < -0.39 is 10.0 Å². The fraction of sp³-hybridized carbons (Fsp3) is 0.632. The highest BCUT2D eigenvalue weighted by molar-refractivity contribution is 7.92. The van der Waals surface area contributed by atoms with E-state index in [0.717, 1.165) is 49.0 Å². The van der Waals surface area contributed by atoms with Gasteiger partial charge < -0.3 is 10.2 Å². The van der Waals surface area contributed by atoms with E-state index in [-0.39, 0.29) is 12.5 Å². The molecule has 0 spiro atoms. The summed E-state index contributed by atoms with van der Waals surface area (Å²) < 4.78 is 25.8. The van der Waals surface area contributed by atoms with E-state index in [9.17, 15) is 13.2 Å². The largest absolute Gasteiger partial charge is 0.354 e. The van der Waals surface area contributed by atoms with Gasteiger partial charge in [-0.2, -0.15) is 0 Å². The standard InChI is InChI=1S/C19H31N3O3S/c1-15-12-16(2)19(17(3)13-15)22(26(4,24)25)14-18(23)20-8-7-11-21-9-5-6-10-21/h12-13H,5-11,14H2,1-4H3,(H,20,23). The molecular formula is C19H31N3O3S. The van der Waals surface area contributed by atoms with Gasteiger partial charge in [-0.3, -0.25) is 9.10 Å². The van der Waals surface area contributed by atoms with Gasteiger partial charge in [0, 0.05) is 6.54 Å². The maximum atomic E-state index is 12.3. The molecule has 1 N–H and O–H groups in total. The van der Waals surface area contributed by atoms with Gasteiger partial charge in [-0.15, -0.1) is 0 Å². The number of carbonyl (C=O) groups is 1. The second-order valence-electron chi connectivity index (χ2n) is 7.27. The molecule has 6 nitrogen and oxygen atoms in total. The fourth-order valence-corrected chi connectivity index (χ4v) is 4.62. The molecule has 1 aromatic carbocycles. The molecule has 0 atom stereocenters. The first-order valence-electron chi connectivity index (χ1n) is 9.23. The summed E-state index contributed by atoms with van der Waals surface area (Å²) >= 11 is 0. The summed E-state index contributed by atoms with van der Waals surface area (Å²) in [7, 11) is -3.55. The number of carbonyl (C=O) groups excluding carboxylic acids is 1. The quantitative estimate of drug-likeness (QED) is 0.699. The number of rotatable bonds is 8. The van der Waals surface area contributed by atoms with Gasteiger partial charge in [-0.1, -0.05) is 17.7 Å². The van der Waals surface area contributed by atoms with Crippen LogP contribution in [-0.4, -0.2) is 58.2 Å². The first kappa shape index (κ1) is 20.7. The molecule has 1 aliphatic rings. The Bertz CT molecular complexity index is 717. The van der Waals surface area contributed by atoms with Gasteiger partial charge in [0.05, 0.1) is 11.9 Å². The first-order chi connectivity index (χ1) is 12.2. The average Bonchev–Trinajstić information content (AvgIpc) is 3.02. The van der Waals surface area contributed by atoms with E-state index in [1.165, 1.54) is 17.1 Å². The Kier molecular flexibility index (Phi) is 7.06. The minimum Gasteiger partial charge on any atom is -0.354 e. The Hall–Kier alpha value is -1.60. The van der Waals surface area contributed by atoms with Crippen LogP contribution in [0, 0.1) is 20.8 Å². The van der Waals surface area contributed by atoms with Crippen molar-refractivity contribution in [1.82, 2.24) is 10.2 Å². The van der Waals surface area contributed by atoms with Crippen LogP contribution >= 0.6 is 0 Å². The first-order valence-corrected chi connectivity index (χ1v) is 11.1. The highest BCUT2D eigenvalue weighted by atomic mass is 32.2. The van der Waals surface area contributed by atoms with Crippen LogP contribution in [0.3, 0.4) is 0 Å². The number of nitrogens with one attached hydrogen (secondary N) is 1. The summed E-state index contributed by atoms with van der Waals surface area (Å²) in [6.45, 7) is 9.37. The van der Waals surface area contributed by atoms with Crippen molar-refractivity contribution in [2.24, 2.45) is 0 Å². The lowest BCUT2D eigenvalue weighted by molar-refractivity contribution is -0.119. The van der Waals surface area contributed by atoms with E-state index in [1.54, 1.807) is 0 Å². The van der Waals surface area contributed by atoms with Crippen molar-refractivity contribution in [2.75, 3.05) is 43.3 Å². The molecule has 0 unspecified atom stereocenters. The van der Waals surface area contributed by atoms with Crippen LogP contribution < -0.4 is 9.62 Å². The normalized spacial score (nSPS) is 15.2. The molecular weight excluding hydrogens is 350 g/mol. The molecule has 2 rings (SSSR count). The molecule has 1 amide bonds. The van der Waals surface area contributed by atoms with Gasteiger partial charge in [-0.25, -0.2) is 8.42 Å². The minimum atomic E-state index is -3.55. The third-order valence-electron chi connectivity index (χ3n) is 4.74. The van der Waals surface area contributed by atoms with Gasteiger partial charge in [0.1, 0.15) is 6.54 Å². The molecule has 1 fully saturated rings. The summed E-state index contributed by atoms with van der Waals surface area (Å²) in [4.78, 5) is 14.7. The molecule has 0 saturated carbocycles. The lowest BCUT2D eigenvalue weighted by Gasteiger charge is -2.26. The predicted molar refractivity (Wildman–Crippen MR) is 106 cm³/mol. The van der Waals surface area contributed by atoms with Crippen molar-refractivity contribution < 1.29 is 13.2 Å². The molecule has 0 bridgehead atoms. The van der Waals surface area contributed by atoms with E-state index in [1.807, 2.05) is 32.9 Å². The maximum absolute atomic E-state index is 12.3. The van der Waals surface area contributed by atoms with Crippen molar-refractivity contribution in [2.45, 2.75) is 40.0 Å². The Labute approximate surface area is 157 Å². The molecule has 146 valence electrons. The highest BCUT2D eigenvalue weighted by Gasteiger charge is 2.24. The molecule has 1 heterocycles. The van der Waals surface area contributed by atoms with Gasteiger partial charge in [0.25, 0.3) is 0 Å². The SMILES string of the molecule is Cc1cc(C)c(N(CC(=O)NCCCN2CCCC2)S(C)(=O)=O)c(C)c1. The number of anilines is 1. The molecule has 1 aromatic rings. The molecule has 0 aromatic heterocycles. The number of aryl methyl sites for hydroxylation is 3. The number of hydrogen-bond acceptors (Lipinski definition) is 4. The predicted octanol–water partition coefficient (Wildman–Crippen LogP) is 1.98. The van der Waals surface area contributed by atoms with Crippen LogP contribution in [0.2, 0.25) is 0 Å². The van der Waals surface area contributed by atoms with E-state index >= 15 is 0 Å². The van der Waals surface area contributed by atoms with Gasteiger partial charge in [0.15, 0.2) is 0 Å². The fourth-order valence-electron chi connectivity index (χ4n) is 3.65. The highest BCUT2D eigenvalue weighted by Crippen LogP contribution is 2.28. The third kappa shape index (κ3) is 5.71. The zero-order valence-electron chi connectivity index (χ0n) is 16.3. The van der Waals surface area contributed by atoms with Crippen LogP contribution in [-0.2, 0) is 14.8 Å². The van der Waals surface area contributed by atoms with Crippen molar-refractivity contribution in [1.29, 1.82) is 0 Å². The molecule has 0 radical (unpaired) electrons.